The van der Waals surface area contributed by atoms with Crippen LogP contribution in [-0.2, 0) is 0 Å². The van der Waals surface area contributed by atoms with Crippen molar-refractivity contribution < 1.29 is 0 Å². The van der Waals surface area contributed by atoms with Gasteiger partial charge in [-0.25, -0.2) is 0 Å². The quantitative estimate of drug-likeness (QED) is 0.445. The maximum absolute atomic E-state index is 3.35. The van der Waals surface area contributed by atoms with Gasteiger partial charge in [0.15, 0.2) is 0 Å². The lowest BCUT2D eigenvalue weighted by Gasteiger charge is -1.94. The van der Waals surface area contributed by atoms with Gasteiger partial charge in [-0.05, 0) is 12.3 Å². The highest BCUT2D eigenvalue weighted by atomic mass is 79.9. The van der Waals surface area contributed by atoms with Gasteiger partial charge in [-0.15, -0.1) is 0 Å². The van der Waals surface area contributed by atoms with Crippen LogP contribution in [0.25, 0.3) is 0 Å². The zero-order chi connectivity index (χ0) is 4.99. The van der Waals surface area contributed by atoms with Crippen molar-refractivity contribution >= 4 is 39.0 Å². The Morgan fingerprint density at radius 3 is 1.86 bits per heavy atom. The molecule has 0 aliphatic heterocycles. The Hall–Kier alpha value is 1.25. The summed E-state index contributed by atoms with van der Waals surface area (Å²) in [7, 11) is 0. The molecule has 0 spiro atoms. The van der Waals surface area contributed by atoms with E-state index in [4.69, 9.17) is 0 Å². The van der Waals surface area contributed by atoms with Crippen LogP contribution in [0.5, 0.6) is 0 Å². The van der Waals surface area contributed by atoms with Crippen LogP contribution in [-0.4, -0.2) is 28.4 Å². The average Bonchev–Trinajstić information content (AvgIpc) is 1.35. The van der Waals surface area contributed by atoms with Crippen LogP contribution in [0.1, 0.15) is 20.3 Å². The molecule has 0 atom stereocenters. The molecule has 0 aromatic rings. The second-order valence-corrected chi connectivity index (χ2v) is 2.66. The van der Waals surface area contributed by atoms with Crippen molar-refractivity contribution in [2.24, 2.45) is 5.92 Å². The minimum atomic E-state index is 0. The van der Waals surface area contributed by atoms with Gasteiger partial charge in [0, 0.05) is 28.4 Å². The molecule has 0 aliphatic rings. The third-order valence-corrected chi connectivity index (χ3v) is 1.14. The Labute approximate surface area is 70.3 Å². The van der Waals surface area contributed by atoms with Gasteiger partial charge in [0.25, 0.3) is 0 Å². The van der Waals surface area contributed by atoms with Crippen molar-refractivity contribution in [3.05, 3.63) is 0 Å². The van der Waals surface area contributed by atoms with Gasteiger partial charge < -0.3 is 0 Å². The van der Waals surface area contributed by atoms with Crippen LogP contribution < -0.4 is 0 Å². The van der Waals surface area contributed by atoms with Crippen molar-refractivity contribution in [3.63, 3.8) is 0 Å². The third-order valence-electron chi connectivity index (χ3n) is 0.686. The van der Waals surface area contributed by atoms with Crippen LogP contribution in [0.4, 0.5) is 0 Å². The summed E-state index contributed by atoms with van der Waals surface area (Å²) in [4.78, 5) is 0. The SMILES string of the molecule is CC(C)CCBr.[Mg]. The molecule has 0 saturated carbocycles. The lowest BCUT2D eigenvalue weighted by atomic mass is 10.2. The van der Waals surface area contributed by atoms with E-state index in [0.29, 0.717) is 0 Å². The van der Waals surface area contributed by atoms with Gasteiger partial charge in [-0.3, -0.25) is 0 Å². The van der Waals surface area contributed by atoms with E-state index in [1.165, 1.54) is 6.42 Å². The van der Waals surface area contributed by atoms with E-state index in [1.807, 2.05) is 0 Å². The van der Waals surface area contributed by atoms with E-state index in [9.17, 15) is 0 Å². The average molecular weight is 175 g/mol. The molecule has 2 radical (unpaired) electrons. The molecule has 0 unspecified atom stereocenters. The molecular weight excluding hydrogens is 164 g/mol. The standard InChI is InChI=1S/C5H11Br.Mg/c1-5(2)3-4-6;/h5H,3-4H2,1-2H3;. The van der Waals surface area contributed by atoms with Gasteiger partial charge in [0.05, 0.1) is 0 Å². The normalized spacial score (nSPS) is 8.57. The first-order valence-corrected chi connectivity index (χ1v) is 3.45. The largest absolute Gasteiger partial charge is 0.0928 e. The monoisotopic (exact) mass is 174 g/mol. The summed E-state index contributed by atoms with van der Waals surface area (Å²) in [6.07, 6.45) is 1.29. The van der Waals surface area contributed by atoms with Gasteiger partial charge >= 0.3 is 0 Å². The minimum absolute atomic E-state index is 0. The number of hydrogen-bond acceptors (Lipinski definition) is 0. The summed E-state index contributed by atoms with van der Waals surface area (Å²) in [5, 5.41) is 1.14. The fraction of sp³-hybridized carbons (Fsp3) is 1.00. The van der Waals surface area contributed by atoms with E-state index in [-0.39, 0.29) is 23.1 Å². The van der Waals surface area contributed by atoms with E-state index in [2.05, 4.69) is 29.8 Å². The predicted octanol–water partition coefficient (Wildman–Crippen LogP) is 2.05. The van der Waals surface area contributed by atoms with Crippen LogP contribution in [0, 0.1) is 5.92 Å². The van der Waals surface area contributed by atoms with Crippen molar-refractivity contribution in [1.29, 1.82) is 0 Å². The van der Waals surface area contributed by atoms with Crippen LogP contribution >= 0.6 is 15.9 Å². The second-order valence-electron chi connectivity index (χ2n) is 1.87. The maximum atomic E-state index is 3.35. The molecule has 40 valence electrons. The molecule has 0 saturated heterocycles. The molecule has 0 fully saturated rings. The summed E-state index contributed by atoms with van der Waals surface area (Å²) in [5.41, 5.74) is 0. The summed E-state index contributed by atoms with van der Waals surface area (Å²) >= 11 is 3.35. The molecule has 0 aromatic carbocycles. The highest BCUT2D eigenvalue weighted by Crippen LogP contribution is 2.00. The Morgan fingerprint density at radius 2 is 1.86 bits per heavy atom. The van der Waals surface area contributed by atoms with E-state index >= 15 is 0 Å². The molecule has 0 amide bonds. The van der Waals surface area contributed by atoms with Crippen molar-refractivity contribution in [3.8, 4) is 0 Å². The number of rotatable bonds is 2. The fourth-order valence-corrected chi connectivity index (χ4v) is 1.13. The highest BCUT2D eigenvalue weighted by molar-refractivity contribution is 9.09. The molecular formula is C5H11BrMg. The summed E-state index contributed by atoms with van der Waals surface area (Å²) in [6.45, 7) is 4.45. The highest BCUT2D eigenvalue weighted by Gasteiger charge is 1.86. The van der Waals surface area contributed by atoms with Crippen LogP contribution in [0.15, 0.2) is 0 Å². The third kappa shape index (κ3) is 11.1. The first-order chi connectivity index (χ1) is 2.77. The molecule has 7 heavy (non-hydrogen) atoms. The first kappa shape index (κ1) is 11.1. The molecule has 0 rings (SSSR count). The Morgan fingerprint density at radius 1 is 1.43 bits per heavy atom. The van der Waals surface area contributed by atoms with Gasteiger partial charge in [0.2, 0.25) is 0 Å². The molecule has 2 heteroatoms. The molecule has 0 nitrogen and oxygen atoms in total. The van der Waals surface area contributed by atoms with Crippen molar-refractivity contribution in [1.82, 2.24) is 0 Å². The molecule has 0 aromatic heterocycles. The van der Waals surface area contributed by atoms with Crippen LogP contribution in [0.3, 0.4) is 0 Å². The number of hydrogen-bond donors (Lipinski definition) is 0. The second kappa shape index (κ2) is 7.25. The molecule has 0 heterocycles. The summed E-state index contributed by atoms with van der Waals surface area (Å²) < 4.78 is 0. The van der Waals surface area contributed by atoms with E-state index in [1.54, 1.807) is 0 Å². The number of alkyl halides is 1. The van der Waals surface area contributed by atoms with Crippen molar-refractivity contribution in [2.75, 3.05) is 5.33 Å². The predicted molar refractivity (Wildman–Crippen MR) is 39.0 cm³/mol. The number of halogens is 1. The van der Waals surface area contributed by atoms with Crippen molar-refractivity contribution in [2.45, 2.75) is 20.3 Å². The van der Waals surface area contributed by atoms with Gasteiger partial charge in [-0.1, -0.05) is 29.8 Å². The Bertz CT molecular complexity index is 29.3. The van der Waals surface area contributed by atoms with Crippen LogP contribution in [0.2, 0.25) is 0 Å². The molecule has 0 N–H and O–H groups in total. The smallest absolute Gasteiger partial charge is 0.00337 e. The van der Waals surface area contributed by atoms with E-state index < -0.39 is 0 Å². The fourth-order valence-electron chi connectivity index (χ4n) is 0.218. The first-order valence-electron chi connectivity index (χ1n) is 2.33. The molecule has 0 aliphatic carbocycles. The maximum Gasteiger partial charge on any atom is 0.00337 e. The molecule has 0 bridgehead atoms. The van der Waals surface area contributed by atoms with E-state index in [0.717, 1.165) is 11.2 Å². The lowest BCUT2D eigenvalue weighted by molar-refractivity contribution is 0.634. The summed E-state index contributed by atoms with van der Waals surface area (Å²) in [5.74, 6) is 0.851. The van der Waals surface area contributed by atoms with Gasteiger partial charge in [0.1, 0.15) is 0 Å². The zero-order valence-electron chi connectivity index (χ0n) is 5.08. The minimum Gasteiger partial charge on any atom is -0.0928 e. The topological polar surface area (TPSA) is 0 Å². The zero-order valence-corrected chi connectivity index (χ0v) is 8.08. The van der Waals surface area contributed by atoms with Gasteiger partial charge in [-0.2, -0.15) is 0 Å². The lowest BCUT2D eigenvalue weighted by Crippen LogP contribution is -1.84. The Balaban J connectivity index is 0. The Kier molecular flexibility index (Phi) is 11.5. The summed E-state index contributed by atoms with van der Waals surface area (Å²) in [6, 6.07) is 0.